The maximum absolute atomic E-state index is 13.5. The van der Waals surface area contributed by atoms with Crippen LogP contribution in [0.3, 0.4) is 0 Å². The Bertz CT molecular complexity index is 399. The summed E-state index contributed by atoms with van der Waals surface area (Å²) in [5.74, 6) is 0.596. The van der Waals surface area contributed by atoms with Gasteiger partial charge >= 0.3 is 0 Å². The zero-order valence-corrected chi connectivity index (χ0v) is 14.4. The van der Waals surface area contributed by atoms with Crippen molar-refractivity contribution in [3.05, 3.63) is 34.1 Å². The second-order valence-corrected chi connectivity index (χ2v) is 4.50. The zero-order chi connectivity index (χ0) is 12.7. The van der Waals surface area contributed by atoms with Gasteiger partial charge in [0.05, 0.1) is 0 Å². The normalized spacial score (nSPS) is 10.8. The molecule has 0 heterocycles. The van der Waals surface area contributed by atoms with Gasteiger partial charge in [0.1, 0.15) is 5.82 Å². The number of rotatable bonds is 4. The lowest BCUT2D eigenvalue weighted by Crippen LogP contribution is -2.35. The van der Waals surface area contributed by atoms with E-state index >= 15 is 0 Å². The van der Waals surface area contributed by atoms with Gasteiger partial charge in [-0.05, 0) is 30.5 Å². The van der Waals surface area contributed by atoms with Gasteiger partial charge in [0.15, 0.2) is 5.96 Å². The Hall–Kier alpha value is -0.370. The number of halogens is 3. The van der Waals surface area contributed by atoms with Crippen LogP contribution in [0.15, 0.2) is 27.7 Å². The molecule has 0 radical (unpaired) electrons. The molecule has 0 saturated carbocycles. The molecule has 102 valence electrons. The number of hydrogen-bond donors (Lipinski definition) is 2. The monoisotopic (exact) mass is 429 g/mol. The molecule has 2 N–H and O–H groups in total. The first kappa shape index (κ1) is 17.6. The first-order valence-electron chi connectivity index (χ1n) is 5.49. The Morgan fingerprint density at radius 1 is 1.44 bits per heavy atom. The summed E-state index contributed by atoms with van der Waals surface area (Å²) in [6, 6.07) is 5.17. The van der Waals surface area contributed by atoms with E-state index in [2.05, 4.69) is 31.6 Å². The van der Waals surface area contributed by atoms with Crippen molar-refractivity contribution in [2.24, 2.45) is 4.99 Å². The Labute approximate surface area is 133 Å². The minimum atomic E-state index is -0.155. The summed E-state index contributed by atoms with van der Waals surface area (Å²) in [4.78, 5) is 3.99. The highest BCUT2D eigenvalue weighted by atomic mass is 127. The molecular weight excluding hydrogens is 412 g/mol. The lowest BCUT2D eigenvalue weighted by atomic mass is 10.1. The molecular formula is C12H18BrFIN3. The summed E-state index contributed by atoms with van der Waals surface area (Å²) >= 11 is 3.24. The van der Waals surface area contributed by atoms with Crippen LogP contribution in [0.1, 0.15) is 12.0 Å². The average Bonchev–Trinajstić information content (AvgIpc) is 2.32. The lowest BCUT2D eigenvalue weighted by Gasteiger charge is -2.08. The summed E-state index contributed by atoms with van der Waals surface area (Å²) in [6.07, 6.45) is 1.58. The molecule has 0 atom stereocenters. The third kappa shape index (κ3) is 5.99. The summed E-state index contributed by atoms with van der Waals surface area (Å²) in [5.41, 5.74) is 0.745. The smallest absolute Gasteiger partial charge is 0.190 e. The predicted molar refractivity (Wildman–Crippen MR) is 88.3 cm³/mol. The number of nitrogens with zero attached hydrogens (tertiary/aromatic N) is 1. The Morgan fingerprint density at radius 2 is 2.17 bits per heavy atom. The van der Waals surface area contributed by atoms with E-state index in [4.69, 9.17) is 0 Å². The largest absolute Gasteiger partial charge is 0.359 e. The zero-order valence-electron chi connectivity index (χ0n) is 10.5. The molecule has 0 saturated heterocycles. The summed E-state index contributed by atoms with van der Waals surface area (Å²) in [6.45, 7) is 0.767. The average molecular weight is 430 g/mol. The van der Waals surface area contributed by atoms with Crippen LogP contribution in [0.25, 0.3) is 0 Å². The van der Waals surface area contributed by atoms with Gasteiger partial charge < -0.3 is 10.6 Å². The Balaban J connectivity index is 0.00000289. The minimum absolute atomic E-state index is 0. The van der Waals surface area contributed by atoms with Crippen LogP contribution in [-0.2, 0) is 6.42 Å². The first-order valence-corrected chi connectivity index (χ1v) is 6.29. The molecule has 1 aromatic carbocycles. The maximum Gasteiger partial charge on any atom is 0.190 e. The maximum atomic E-state index is 13.5. The van der Waals surface area contributed by atoms with Crippen LogP contribution in [0.5, 0.6) is 0 Å². The van der Waals surface area contributed by atoms with Gasteiger partial charge in [-0.2, -0.15) is 0 Å². The van der Waals surface area contributed by atoms with E-state index in [1.165, 1.54) is 6.07 Å². The van der Waals surface area contributed by atoms with Crippen molar-refractivity contribution in [3.63, 3.8) is 0 Å². The fourth-order valence-corrected chi connectivity index (χ4v) is 1.82. The Morgan fingerprint density at radius 3 is 2.72 bits per heavy atom. The highest BCUT2D eigenvalue weighted by Crippen LogP contribution is 2.16. The highest BCUT2D eigenvalue weighted by molar-refractivity contribution is 14.0. The number of benzene rings is 1. The summed E-state index contributed by atoms with van der Waals surface area (Å²) < 4.78 is 14.3. The minimum Gasteiger partial charge on any atom is -0.359 e. The van der Waals surface area contributed by atoms with Gasteiger partial charge in [0.25, 0.3) is 0 Å². The van der Waals surface area contributed by atoms with Gasteiger partial charge in [-0.15, -0.1) is 24.0 Å². The van der Waals surface area contributed by atoms with Crippen molar-refractivity contribution in [2.45, 2.75) is 12.8 Å². The van der Waals surface area contributed by atoms with Gasteiger partial charge in [0.2, 0.25) is 0 Å². The molecule has 0 spiro atoms. The van der Waals surface area contributed by atoms with Crippen molar-refractivity contribution in [1.82, 2.24) is 10.6 Å². The molecule has 0 bridgehead atoms. The van der Waals surface area contributed by atoms with Crippen molar-refractivity contribution >= 4 is 45.9 Å². The van der Waals surface area contributed by atoms with Crippen LogP contribution in [0, 0.1) is 5.82 Å². The van der Waals surface area contributed by atoms with Gasteiger partial charge in [0, 0.05) is 25.1 Å². The van der Waals surface area contributed by atoms with Crippen LogP contribution < -0.4 is 10.6 Å². The third-order valence-electron chi connectivity index (χ3n) is 2.39. The number of aryl methyl sites for hydroxylation is 1. The first-order chi connectivity index (χ1) is 8.17. The molecule has 0 fully saturated rings. The molecule has 0 amide bonds. The second-order valence-electron chi connectivity index (χ2n) is 3.59. The number of nitrogens with one attached hydrogen (secondary N) is 2. The molecule has 1 aromatic rings. The van der Waals surface area contributed by atoms with Crippen molar-refractivity contribution < 1.29 is 4.39 Å². The Kier molecular flexibility index (Phi) is 9.35. The lowest BCUT2D eigenvalue weighted by molar-refractivity contribution is 0.602. The van der Waals surface area contributed by atoms with Crippen LogP contribution in [0.4, 0.5) is 4.39 Å². The van der Waals surface area contributed by atoms with Crippen LogP contribution in [-0.4, -0.2) is 26.6 Å². The standard InChI is InChI=1S/C12H17BrFN3.HI/c1-15-12(16-2)17-7-3-4-9-5-6-10(13)8-11(9)14;/h5-6,8H,3-4,7H2,1-2H3,(H2,15,16,17);1H. The van der Waals surface area contributed by atoms with Crippen molar-refractivity contribution in [3.8, 4) is 0 Å². The van der Waals surface area contributed by atoms with Crippen molar-refractivity contribution in [1.29, 1.82) is 0 Å². The molecule has 18 heavy (non-hydrogen) atoms. The van der Waals surface area contributed by atoms with E-state index in [0.717, 1.165) is 29.0 Å². The fraction of sp³-hybridized carbons (Fsp3) is 0.417. The molecule has 1 rings (SSSR count). The van der Waals surface area contributed by atoms with E-state index in [-0.39, 0.29) is 29.8 Å². The third-order valence-corrected chi connectivity index (χ3v) is 2.88. The molecule has 3 nitrogen and oxygen atoms in total. The number of guanidine groups is 1. The topological polar surface area (TPSA) is 36.4 Å². The molecule has 0 unspecified atom stereocenters. The molecule has 0 aliphatic carbocycles. The second kappa shape index (κ2) is 9.55. The quantitative estimate of drug-likeness (QED) is 0.334. The van der Waals surface area contributed by atoms with E-state index < -0.39 is 0 Å². The molecule has 0 aliphatic heterocycles. The fourth-order valence-electron chi connectivity index (χ4n) is 1.49. The summed E-state index contributed by atoms with van der Waals surface area (Å²) in [7, 11) is 3.52. The molecule has 6 heteroatoms. The number of hydrogen-bond acceptors (Lipinski definition) is 1. The van der Waals surface area contributed by atoms with Gasteiger partial charge in [-0.25, -0.2) is 4.39 Å². The van der Waals surface area contributed by atoms with Gasteiger partial charge in [-0.3, -0.25) is 4.99 Å². The van der Waals surface area contributed by atoms with Gasteiger partial charge in [-0.1, -0.05) is 22.0 Å². The SMILES string of the molecule is CN=C(NC)NCCCc1ccc(Br)cc1F.I. The van der Waals surface area contributed by atoms with Crippen LogP contribution >= 0.6 is 39.9 Å². The molecule has 0 aromatic heterocycles. The van der Waals surface area contributed by atoms with Crippen LogP contribution in [0.2, 0.25) is 0 Å². The van der Waals surface area contributed by atoms with E-state index in [9.17, 15) is 4.39 Å². The summed E-state index contributed by atoms with van der Waals surface area (Å²) in [5, 5.41) is 6.06. The van der Waals surface area contributed by atoms with E-state index in [0.29, 0.717) is 6.42 Å². The van der Waals surface area contributed by atoms with E-state index in [1.54, 1.807) is 7.05 Å². The highest BCUT2D eigenvalue weighted by Gasteiger charge is 2.02. The predicted octanol–water partition coefficient (Wildman–Crippen LogP) is 2.93. The van der Waals surface area contributed by atoms with Crippen molar-refractivity contribution in [2.75, 3.05) is 20.6 Å². The van der Waals surface area contributed by atoms with E-state index in [1.807, 2.05) is 19.2 Å². The number of aliphatic imine (C=N–C) groups is 1. The molecule has 0 aliphatic rings.